The highest BCUT2D eigenvalue weighted by Crippen LogP contribution is 2.29. The van der Waals surface area contributed by atoms with E-state index in [-0.39, 0.29) is 12.1 Å². The summed E-state index contributed by atoms with van der Waals surface area (Å²) >= 11 is 0. The zero-order chi connectivity index (χ0) is 16.5. The van der Waals surface area contributed by atoms with E-state index in [0.717, 1.165) is 49.7 Å². The molecule has 0 bridgehead atoms. The highest BCUT2D eigenvalue weighted by Gasteiger charge is 2.34. The molecule has 2 aromatic rings. The van der Waals surface area contributed by atoms with Gasteiger partial charge in [-0.15, -0.1) is 0 Å². The van der Waals surface area contributed by atoms with Crippen LogP contribution in [0.2, 0.25) is 0 Å². The Morgan fingerprint density at radius 2 is 1.83 bits per heavy atom. The molecule has 1 aromatic carbocycles. The van der Waals surface area contributed by atoms with E-state index >= 15 is 0 Å². The topological polar surface area (TPSA) is 65.6 Å². The maximum atomic E-state index is 10.7. The highest BCUT2D eigenvalue weighted by molar-refractivity contribution is 5.52. The fourth-order valence-corrected chi connectivity index (χ4v) is 4.00. The lowest BCUT2D eigenvalue weighted by atomic mass is 9.84. The molecular weight excluding hydrogens is 300 g/mol. The second-order valence-electron chi connectivity index (χ2n) is 6.74. The zero-order valence-corrected chi connectivity index (χ0v) is 13.8. The molecule has 1 aliphatic carbocycles. The fourth-order valence-electron chi connectivity index (χ4n) is 4.00. The van der Waals surface area contributed by atoms with Gasteiger partial charge in [0.2, 0.25) is 0 Å². The Morgan fingerprint density at radius 1 is 1.00 bits per heavy atom. The quantitative estimate of drug-likeness (QED) is 0.816. The maximum absolute atomic E-state index is 10.7. The van der Waals surface area contributed by atoms with Crippen molar-refractivity contribution in [3.63, 3.8) is 0 Å². The van der Waals surface area contributed by atoms with E-state index in [1.165, 1.54) is 5.56 Å². The summed E-state index contributed by atoms with van der Waals surface area (Å²) in [4.78, 5) is 9.18. The Bertz CT molecular complexity index is 698. The first-order chi connectivity index (χ1) is 11.7. The maximum Gasteiger partial charge on any atom is 0.128 e. The van der Waals surface area contributed by atoms with E-state index in [4.69, 9.17) is 5.73 Å². The Morgan fingerprint density at radius 3 is 2.58 bits per heavy atom. The molecule has 0 radical (unpaired) electrons. The average Bonchev–Trinajstić information content (AvgIpc) is 2.63. The largest absolute Gasteiger partial charge is 0.398 e. The third-order valence-corrected chi connectivity index (χ3v) is 5.35. The molecule has 1 aromatic heterocycles. The van der Waals surface area contributed by atoms with Gasteiger partial charge in [-0.05, 0) is 35.7 Å². The molecular formula is C19H24N4O. The Hall–Kier alpha value is -2.11. The average molecular weight is 324 g/mol. The molecule has 4 rings (SSSR count). The third kappa shape index (κ3) is 2.85. The van der Waals surface area contributed by atoms with Gasteiger partial charge in [-0.1, -0.05) is 18.2 Å². The van der Waals surface area contributed by atoms with Crippen molar-refractivity contribution in [2.75, 3.05) is 36.8 Å². The molecule has 126 valence electrons. The van der Waals surface area contributed by atoms with Gasteiger partial charge in [-0.3, -0.25) is 4.90 Å². The lowest BCUT2D eigenvalue weighted by molar-refractivity contribution is 0.0396. The normalized spacial score (nSPS) is 24.6. The van der Waals surface area contributed by atoms with Crippen LogP contribution in [0.1, 0.15) is 11.1 Å². The second kappa shape index (κ2) is 6.42. The number of pyridine rings is 1. The zero-order valence-electron chi connectivity index (χ0n) is 13.8. The Kier molecular flexibility index (Phi) is 4.12. The number of aliphatic hydroxyl groups excluding tert-OH is 1. The van der Waals surface area contributed by atoms with Gasteiger partial charge >= 0.3 is 0 Å². The van der Waals surface area contributed by atoms with Gasteiger partial charge < -0.3 is 15.7 Å². The summed E-state index contributed by atoms with van der Waals surface area (Å²) in [6.45, 7) is 3.81. The fraction of sp³-hybridized carbons (Fsp3) is 0.421. The molecule has 2 aliphatic rings. The molecule has 1 aliphatic heterocycles. The van der Waals surface area contributed by atoms with E-state index in [1.807, 2.05) is 30.5 Å². The van der Waals surface area contributed by atoms with Crippen LogP contribution in [0, 0.1) is 0 Å². The number of hydrogen-bond donors (Lipinski definition) is 2. The summed E-state index contributed by atoms with van der Waals surface area (Å²) < 4.78 is 0. The number of rotatable bonds is 2. The summed E-state index contributed by atoms with van der Waals surface area (Å²) in [5, 5.41) is 10.7. The van der Waals surface area contributed by atoms with Gasteiger partial charge in [-0.2, -0.15) is 0 Å². The van der Waals surface area contributed by atoms with Crippen LogP contribution in [-0.4, -0.2) is 53.3 Å². The summed E-state index contributed by atoms with van der Waals surface area (Å²) in [5.74, 6) is 1.04. The number of piperazine rings is 1. The molecule has 3 N–H and O–H groups in total. The number of nitrogens with two attached hydrogens (primary N) is 1. The predicted molar refractivity (Wildman–Crippen MR) is 96.1 cm³/mol. The van der Waals surface area contributed by atoms with Crippen molar-refractivity contribution in [2.24, 2.45) is 0 Å². The first-order valence-electron chi connectivity index (χ1n) is 8.67. The summed E-state index contributed by atoms with van der Waals surface area (Å²) in [6.07, 6.45) is 3.04. The van der Waals surface area contributed by atoms with Crippen LogP contribution in [0.15, 0.2) is 42.6 Å². The van der Waals surface area contributed by atoms with Gasteiger partial charge in [-0.25, -0.2) is 4.98 Å². The predicted octanol–water partition coefficient (Wildman–Crippen LogP) is 1.31. The number of anilines is 2. The van der Waals surface area contributed by atoms with E-state index in [1.54, 1.807) is 0 Å². The highest BCUT2D eigenvalue weighted by atomic mass is 16.3. The van der Waals surface area contributed by atoms with Gasteiger partial charge in [0.25, 0.3) is 0 Å². The molecule has 2 atom stereocenters. The molecule has 0 saturated carbocycles. The smallest absolute Gasteiger partial charge is 0.128 e. The number of nitrogens with zero attached hydrogens (tertiary/aromatic N) is 3. The SMILES string of the molecule is Nc1cccc2c1CC(O)C(N1CCN(c3ccccn3)CC1)C2. The minimum Gasteiger partial charge on any atom is -0.398 e. The Labute approximate surface area is 142 Å². The van der Waals surface area contributed by atoms with E-state index in [0.29, 0.717) is 6.42 Å². The first-order valence-corrected chi connectivity index (χ1v) is 8.67. The number of benzene rings is 1. The van der Waals surface area contributed by atoms with Crippen LogP contribution in [0.5, 0.6) is 0 Å². The lowest BCUT2D eigenvalue weighted by Gasteiger charge is -2.43. The van der Waals surface area contributed by atoms with Crippen LogP contribution in [-0.2, 0) is 12.8 Å². The minimum atomic E-state index is -0.344. The second-order valence-corrected chi connectivity index (χ2v) is 6.74. The molecule has 0 spiro atoms. The summed E-state index contributed by atoms with van der Waals surface area (Å²) in [6, 6.07) is 12.3. The van der Waals surface area contributed by atoms with Gasteiger partial charge in [0, 0.05) is 50.5 Å². The monoisotopic (exact) mass is 324 g/mol. The van der Waals surface area contributed by atoms with Crippen LogP contribution < -0.4 is 10.6 Å². The standard InChI is InChI=1S/C19H24N4O/c20-16-5-3-4-14-12-17(18(24)13-15(14)16)22-8-10-23(11-9-22)19-6-1-2-7-21-19/h1-7,17-18,24H,8-13,20H2. The van der Waals surface area contributed by atoms with Crippen molar-refractivity contribution in [3.8, 4) is 0 Å². The number of fused-ring (bicyclic) bond motifs is 1. The van der Waals surface area contributed by atoms with Crippen LogP contribution in [0.3, 0.4) is 0 Å². The molecule has 24 heavy (non-hydrogen) atoms. The van der Waals surface area contributed by atoms with Crippen LogP contribution >= 0.6 is 0 Å². The summed E-state index contributed by atoms with van der Waals surface area (Å²) in [7, 11) is 0. The number of nitrogen functional groups attached to an aromatic ring is 1. The first kappa shape index (κ1) is 15.4. The van der Waals surface area contributed by atoms with Crippen molar-refractivity contribution in [2.45, 2.75) is 25.0 Å². The van der Waals surface area contributed by atoms with Crippen molar-refractivity contribution in [3.05, 3.63) is 53.7 Å². The van der Waals surface area contributed by atoms with Gasteiger partial charge in [0.05, 0.1) is 6.10 Å². The molecule has 2 unspecified atom stereocenters. The van der Waals surface area contributed by atoms with Crippen LogP contribution in [0.25, 0.3) is 0 Å². The lowest BCUT2D eigenvalue weighted by Crippen LogP contribution is -2.56. The molecule has 5 nitrogen and oxygen atoms in total. The van der Waals surface area contributed by atoms with Crippen LogP contribution in [0.4, 0.5) is 11.5 Å². The van der Waals surface area contributed by atoms with E-state index < -0.39 is 0 Å². The number of aliphatic hydroxyl groups is 1. The van der Waals surface area contributed by atoms with Crippen molar-refractivity contribution in [1.29, 1.82) is 0 Å². The van der Waals surface area contributed by atoms with Gasteiger partial charge in [0.15, 0.2) is 0 Å². The van der Waals surface area contributed by atoms with Crippen molar-refractivity contribution in [1.82, 2.24) is 9.88 Å². The molecule has 1 saturated heterocycles. The third-order valence-electron chi connectivity index (χ3n) is 5.35. The van der Waals surface area contributed by atoms with E-state index in [2.05, 4.69) is 26.9 Å². The minimum absolute atomic E-state index is 0.185. The molecule has 2 heterocycles. The number of aromatic nitrogens is 1. The number of hydrogen-bond acceptors (Lipinski definition) is 5. The molecule has 1 fully saturated rings. The molecule has 0 amide bonds. The summed E-state index contributed by atoms with van der Waals surface area (Å²) in [5.41, 5.74) is 9.30. The Balaban J connectivity index is 1.44. The molecule has 5 heteroatoms. The van der Waals surface area contributed by atoms with E-state index in [9.17, 15) is 5.11 Å². The van der Waals surface area contributed by atoms with Crippen molar-refractivity contribution < 1.29 is 5.11 Å². The van der Waals surface area contributed by atoms with Crippen molar-refractivity contribution >= 4 is 11.5 Å². The van der Waals surface area contributed by atoms with Gasteiger partial charge in [0.1, 0.15) is 5.82 Å².